The van der Waals surface area contributed by atoms with E-state index in [0.29, 0.717) is 33.8 Å². The second-order valence-corrected chi connectivity index (χ2v) is 10.5. The lowest BCUT2D eigenvalue weighted by Gasteiger charge is -2.16. The van der Waals surface area contributed by atoms with Crippen molar-refractivity contribution in [2.24, 2.45) is 0 Å². The topological polar surface area (TPSA) is 130 Å². The van der Waals surface area contributed by atoms with Crippen molar-refractivity contribution in [2.45, 2.75) is 23.5 Å². The van der Waals surface area contributed by atoms with E-state index in [1.807, 2.05) is 6.92 Å². The van der Waals surface area contributed by atoms with Crippen LogP contribution < -0.4 is 16.0 Å². The number of amides is 3. The Balaban J connectivity index is 1.51. The molecule has 11 heteroatoms. The SMILES string of the molecule is CCC(Sc1cccc(NC(=O)/C(=C\c2ccc([N+](=O)[O-])cc2)NC(=O)c2ccccc2)c1)C(=O)Nc1ccc(F)cc1. The molecule has 218 valence electrons. The molecule has 0 bridgehead atoms. The molecule has 0 radical (unpaired) electrons. The number of benzene rings is 4. The molecular formula is C32H27FN4O5S. The molecule has 1 atom stereocenters. The minimum Gasteiger partial charge on any atom is -0.325 e. The largest absolute Gasteiger partial charge is 0.325 e. The summed E-state index contributed by atoms with van der Waals surface area (Å²) in [5.74, 6) is -1.77. The van der Waals surface area contributed by atoms with Gasteiger partial charge in [-0.15, -0.1) is 11.8 Å². The molecule has 0 aliphatic carbocycles. The Bertz CT molecular complexity index is 1640. The number of halogens is 1. The molecule has 3 amide bonds. The highest BCUT2D eigenvalue weighted by Crippen LogP contribution is 2.29. The van der Waals surface area contributed by atoms with Crippen molar-refractivity contribution in [3.05, 3.63) is 136 Å². The van der Waals surface area contributed by atoms with Gasteiger partial charge < -0.3 is 16.0 Å². The molecule has 4 aromatic rings. The number of nitro groups is 1. The van der Waals surface area contributed by atoms with Crippen molar-refractivity contribution in [2.75, 3.05) is 10.6 Å². The van der Waals surface area contributed by atoms with Gasteiger partial charge in [-0.3, -0.25) is 24.5 Å². The zero-order chi connectivity index (χ0) is 30.8. The third kappa shape index (κ3) is 8.85. The number of nitro benzene ring substituents is 1. The van der Waals surface area contributed by atoms with Crippen LogP contribution in [-0.2, 0) is 9.59 Å². The summed E-state index contributed by atoms with van der Waals surface area (Å²) in [5.41, 5.74) is 1.52. The first-order valence-electron chi connectivity index (χ1n) is 13.2. The minimum absolute atomic E-state index is 0.0779. The standard InChI is InChI=1S/C32H27FN4O5S/c1-2-29(32(40)34-24-15-13-23(33)14-16-24)43-27-10-6-9-25(20-27)35-31(39)28(36-30(38)22-7-4-3-5-8-22)19-21-11-17-26(18-12-21)37(41)42/h3-20,29H,2H2,1H3,(H,34,40)(H,35,39)(H,36,38)/b28-19+. The smallest absolute Gasteiger partial charge is 0.272 e. The summed E-state index contributed by atoms with van der Waals surface area (Å²) < 4.78 is 13.2. The molecule has 9 nitrogen and oxygen atoms in total. The van der Waals surface area contributed by atoms with Crippen LogP contribution in [0.3, 0.4) is 0 Å². The Morgan fingerprint density at radius 2 is 1.58 bits per heavy atom. The summed E-state index contributed by atoms with van der Waals surface area (Å²) in [7, 11) is 0. The number of carbonyl (C=O) groups is 3. The lowest BCUT2D eigenvalue weighted by molar-refractivity contribution is -0.384. The van der Waals surface area contributed by atoms with Crippen LogP contribution in [0, 0.1) is 15.9 Å². The molecule has 0 fully saturated rings. The highest BCUT2D eigenvalue weighted by atomic mass is 32.2. The molecule has 0 aliphatic heterocycles. The van der Waals surface area contributed by atoms with Crippen LogP contribution in [-0.4, -0.2) is 27.9 Å². The van der Waals surface area contributed by atoms with Crippen molar-refractivity contribution in [1.82, 2.24) is 5.32 Å². The van der Waals surface area contributed by atoms with E-state index in [9.17, 15) is 28.9 Å². The lowest BCUT2D eigenvalue weighted by Crippen LogP contribution is -2.30. The van der Waals surface area contributed by atoms with Gasteiger partial charge in [0.1, 0.15) is 11.5 Å². The Morgan fingerprint density at radius 1 is 0.884 bits per heavy atom. The average Bonchev–Trinajstić information content (AvgIpc) is 3.01. The van der Waals surface area contributed by atoms with Gasteiger partial charge in [-0.1, -0.05) is 31.2 Å². The second kappa shape index (κ2) is 14.6. The zero-order valence-electron chi connectivity index (χ0n) is 23.0. The Hall–Kier alpha value is -5.29. The molecule has 0 spiro atoms. The maximum atomic E-state index is 13.4. The molecular weight excluding hydrogens is 571 g/mol. The maximum Gasteiger partial charge on any atom is 0.272 e. The fourth-order valence-electron chi connectivity index (χ4n) is 3.89. The second-order valence-electron chi connectivity index (χ2n) is 9.22. The number of nitrogens with zero attached hydrogens (tertiary/aromatic N) is 1. The summed E-state index contributed by atoms with van der Waals surface area (Å²) in [6.45, 7) is 1.87. The first-order valence-corrected chi connectivity index (χ1v) is 14.1. The number of nitrogens with one attached hydrogen (secondary N) is 3. The fourth-order valence-corrected chi connectivity index (χ4v) is 4.90. The van der Waals surface area contributed by atoms with E-state index >= 15 is 0 Å². The third-order valence-electron chi connectivity index (χ3n) is 6.09. The zero-order valence-corrected chi connectivity index (χ0v) is 23.8. The van der Waals surface area contributed by atoms with Crippen LogP contribution in [0.25, 0.3) is 6.08 Å². The highest BCUT2D eigenvalue weighted by Gasteiger charge is 2.19. The molecule has 0 heterocycles. The molecule has 4 rings (SSSR count). The van der Waals surface area contributed by atoms with E-state index < -0.39 is 27.8 Å². The fraction of sp³-hybridized carbons (Fsp3) is 0.0938. The van der Waals surface area contributed by atoms with Gasteiger partial charge in [-0.2, -0.15) is 0 Å². The molecule has 0 aromatic heterocycles. The normalized spacial score (nSPS) is 11.7. The number of rotatable bonds is 11. The van der Waals surface area contributed by atoms with Crippen LogP contribution in [0.4, 0.5) is 21.5 Å². The molecule has 43 heavy (non-hydrogen) atoms. The molecule has 3 N–H and O–H groups in total. The van der Waals surface area contributed by atoms with E-state index in [0.717, 1.165) is 0 Å². The molecule has 0 aliphatic rings. The van der Waals surface area contributed by atoms with E-state index in [4.69, 9.17) is 0 Å². The third-order valence-corrected chi connectivity index (χ3v) is 7.45. The average molecular weight is 599 g/mol. The summed E-state index contributed by atoms with van der Waals surface area (Å²) in [5, 5.41) is 18.8. The Morgan fingerprint density at radius 3 is 2.23 bits per heavy atom. The van der Waals surface area contributed by atoms with Crippen molar-refractivity contribution in [3.63, 3.8) is 0 Å². The molecule has 0 saturated carbocycles. The van der Waals surface area contributed by atoms with Crippen LogP contribution in [0.1, 0.15) is 29.3 Å². The van der Waals surface area contributed by atoms with Gasteiger partial charge in [0.15, 0.2) is 0 Å². The van der Waals surface area contributed by atoms with Crippen molar-refractivity contribution < 1.29 is 23.7 Å². The molecule has 0 saturated heterocycles. The number of hydrogen-bond donors (Lipinski definition) is 3. The number of thioether (sulfide) groups is 1. The van der Waals surface area contributed by atoms with Crippen molar-refractivity contribution >= 4 is 52.6 Å². The highest BCUT2D eigenvalue weighted by molar-refractivity contribution is 8.00. The predicted molar refractivity (Wildman–Crippen MR) is 165 cm³/mol. The van der Waals surface area contributed by atoms with Gasteiger partial charge in [-0.05, 0) is 84.8 Å². The first-order chi connectivity index (χ1) is 20.7. The van der Waals surface area contributed by atoms with Gasteiger partial charge in [-0.25, -0.2) is 4.39 Å². The van der Waals surface area contributed by atoms with E-state index in [2.05, 4.69) is 16.0 Å². The Kier molecular flexibility index (Phi) is 10.4. The predicted octanol–water partition coefficient (Wildman–Crippen LogP) is 6.65. The van der Waals surface area contributed by atoms with Crippen LogP contribution >= 0.6 is 11.8 Å². The van der Waals surface area contributed by atoms with Gasteiger partial charge in [0.2, 0.25) is 5.91 Å². The van der Waals surface area contributed by atoms with Gasteiger partial charge in [0.25, 0.3) is 17.5 Å². The number of anilines is 2. The summed E-state index contributed by atoms with van der Waals surface area (Å²) in [6.07, 6.45) is 1.94. The monoisotopic (exact) mass is 598 g/mol. The number of carbonyl (C=O) groups excluding carboxylic acids is 3. The van der Waals surface area contributed by atoms with Crippen molar-refractivity contribution in [3.8, 4) is 0 Å². The van der Waals surface area contributed by atoms with Crippen LogP contribution in [0.15, 0.2) is 114 Å². The van der Waals surface area contributed by atoms with Gasteiger partial charge in [0.05, 0.1) is 10.2 Å². The van der Waals surface area contributed by atoms with Gasteiger partial charge in [0, 0.05) is 34.0 Å². The van der Waals surface area contributed by atoms with Gasteiger partial charge >= 0.3 is 0 Å². The Labute approximate surface area is 251 Å². The summed E-state index contributed by atoms with van der Waals surface area (Å²) in [6, 6.07) is 26.3. The van der Waals surface area contributed by atoms with E-state index in [1.54, 1.807) is 54.6 Å². The summed E-state index contributed by atoms with van der Waals surface area (Å²) in [4.78, 5) is 50.3. The van der Waals surface area contributed by atoms with E-state index in [1.165, 1.54) is 66.4 Å². The molecule has 4 aromatic carbocycles. The van der Waals surface area contributed by atoms with Crippen LogP contribution in [0.2, 0.25) is 0 Å². The quantitative estimate of drug-likeness (QED) is 0.0767. The first kappa shape index (κ1) is 30.7. The summed E-state index contributed by atoms with van der Waals surface area (Å²) >= 11 is 1.31. The molecule has 1 unspecified atom stereocenters. The minimum atomic E-state index is -0.620. The van der Waals surface area contributed by atoms with Crippen LogP contribution in [0.5, 0.6) is 0 Å². The lowest BCUT2D eigenvalue weighted by atomic mass is 10.1. The van der Waals surface area contributed by atoms with Crippen molar-refractivity contribution in [1.29, 1.82) is 0 Å². The van der Waals surface area contributed by atoms with E-state index in [-0.39, 0.29) is 17.3 Å². The maximum absolute atomic E-state index is 13.4. The number of non-ortho nitro benzene ring substituents is 1. The number of hydrogen-bond acceptors (Lipinski definition) is 6.